The lowest BCUT2D eigenvalue weighted by Crippen LogP contribution is -2.15. The minimum Gasteiger partial charge on any atom is -0.550 e. The molecule has 0 aromatic heterocycles. The first-order valence-corrected chi connectivity index (χ1v) is 8.05. The van der Waals surface area contributed by atoms with E-state index in [1.54, 1.807) is 0 Å². The molecule has 1 nitrogen and oxygen atoms in total. The van der Waals surface area contributed by atoms with Crippen LogP contribution in [0.2, 0.25) is 13.1 Å². The van der Waals surface area contributed by atoms with Crippen molar-refractivity contribution in [3.8, 4) is 0 Å². The molecular formula is C11H22OSi. The van der Waals surface area contributed by atoms with E-state index in [0.717, 1.165) is 12.3 Å². The molecule has 0 spiro atoms. The van der Waals surface area contributed by atoms with Gasteiger partial charge in [0.25, 0.3) is 0 Å². The van der Waals surface area contributed by atoms with Crippen LogP contribution in [0.3, 0.4) is 0 Å². The van der Waals surface area contributed by atoms with Gasteiger partial charge in [0.1, 0.15) is 0 Å². The average molecular weight is 198 g/mol. The lowest BCUT2D eigenvalue weighted by molar-refractivity contribution is 0.290. The number of hydrogen-bond donors (Lipinski definition) is 0. The maximum absolute atomic E-state index is 5.84. The van der Waals surface area contributed by atoms with E-state index in [9.17, 15) is 0 Å². The predicted molar refractivity (Wildman–Crippen MR) is 60.2 cm³/mol. The van der Waals surface area contributed by atoms with Crippen LogP contribution < -0.4 is 0 Å². The second-order valence-corrected chi connectivity index (χ2v) is 7.64. The summed E-state index contributed by atoms with van der Waals surface area (Å²) in [6.07, 6.45) is 4.79. The van der Waals surface area contributed by atoms with Gasteiger partial charge in [-0.25, -0.2) is 0 Å². The Balaban J connectivity index is 2.54. The highest BCUT2D eigenvalue weighted by molar-refractivity contribution is 6.48. The second-order valence-electron chi connectivity index (χ2n) is 5.31. The number of allylic oxidation sites excluding steroid dienone is 2. The fraction of sp³-hybridized carbons (Fsp3) is 0.818. The standard InChI is InChI=1S/C11H22OSi/c1-11(2,3)9-6-7-10(8-9)12-13(4)5/h8-9,13H,6-7H2,1-5H3. The highest BCUT2D eigenvalue weighted by atomic mass is 28.3. The summed E-state index contributed by atoms with van der Waals surface area (Å²) in [7, 11) is -0.873. The molecule has 13 heavy (non-hydrogen) atoms. The normalized spacial score (nSPS) is 23.5. The van der Waals surface area contributed by atoms with Crippen molar-refractivity contribution in [3.05, 3.63) is 11.8 Å². The molecule has 0 aromatic carbocycles. The monoisotopic (exact) mass is 198 g/mol. The topological polar surface area (TPSA) is 9.23 Å². The van der Waals surface area contributed by atoms with Crippen LogP contribution in [0, 0.1) is 11.3 Å². The summed E-state index contributed by atoms with van der Waals surface area (Å²) in [6, 6.07) is 0. The van der Waals surface area contributed by atoms with Crippen molar-refractivity contribution in [1.82, 2.24) is 0 Å². The highest BCUT2D eigenvalue weighted by Gasteiger charge is 2.27. The van der Waals surface area contributed by atoms with E-state index in [1.165, 1.54) is 12.2 Å². The Bertz CT molecular complexity index is 201. The fourth-order valence-corrected chi connectivity index (χ4v) is 2.57. The maximum Gasteiger partial charge on any atom is 0.229 e. The van der Waals surface area contributed by atoms with Gasteiger partial charge in [-0.2, -0.15) is 0 Å². The summed E-state index contributed by atoms with van der Waals surface area (Å²) >= 11 is 0. The van der Waals surface area contributed by atoms with E-state index in [1.807, 2.05) is 0 Å². The van der Waals surface area contributed by atoms with Crippen LogP contribution in [0.15, 0.2) is 11.8 Å². The lowest BCUT2D eigenvalue weighted by Gasteiger charge is -2.24. The molecule has 0 saturated heterocycles. The Hall–Kier alpha value is -0.243. The maximum atomic E-state index is 5.84. The van der Waals surface area contributed by atoms with E-state index < -0.39 is 9.04 Å². The Labute approximate surface area is 83.9 Å². The molecular weight excluding hydrogens is 176 g/mol. The third kappa shape index (κ3) is 3.18. The van der Waals surface area contributed by atoms with Gasteiger partial charge in [-0.05, 0) is 36.9 Å². The molecule has 76 valence electrons. The molecule has 0 aromatic rings. The first kappa shape index (κ1) is 10.8. The minimum absolute atomic E-state index is 0.406. The zero-order valence-corrected chi connectivity index (χ0v) is 10.7. The van der Waals surface area contributed by atoms with Crippen LogP contribution >= 0.6 is 0 Å². The van der Waals surface area contributed by atoms with E-state index in [4.69, 9.17) is 4.43 Å². The molecule has 0 amide bonds. The molecule has 1 atom stereocenters. The molecule has 1 unspecified atom stereocenters. The Morgan fingerprint density at radius 2 is 2.00 bits per heavy atom. The molecule has 0 bridgehead atoms. The van der Waals surface area contributed by atoms with Gasteiger partial charge in [0.2, 0.25) is 9.04 Å². The quantitative estimate of drug-likeness (QED) is 0.618. The van der Waals surface area contributed by atoms with Crippen molar-refractivity contribution in [2.75, 3.05) is 0 Å². The molecule has 0 N–H and O–H groups in total. The SMILES string of the molecule is C[SiH](C)OC1=CC(C(C)(C)C)CC1. The van der Waals surface area contributed by atoms with Crippen LogP contribution in [0.5, 0.6) is 0 Å². The molecule has 1 aliphatic carbocycles. The summed E-state index contributed by atoms with van der Waals surface area (Å²) < 4.78 is 5.84. The Morgan fingerprint density at radius 1 is 1.38 bits per heavy atom. The van der Waals surface area contributed by atoms with Crippen molar-refractivity contribution < 1.29 is 4.43 Å². The smallest absolute Gasteiger partial charge is 0.229 e. The first-order valence-electron chi connectivity index (χ1n) is 5.27. The van der Waals surface area contributed by atoms with Crippen LogP contribution in [-0.2, 0) is 4.43 Å². The van der Waals surface area contributed by atoms with Gasteiger partial charge in [0.05, 0.1) is 5.76 Å². The summed E-state index contributed by atoms with van der Waals surface area (Å²) in [5.41, 5.74) is 0.406. The Kier molecular flexibility index (Phi) is 3.22. The van der Waals surface area contributed by atoms with Crippen molar-refractivity contribution >= 4 is 9.04 Å². The third-order valence-corrected chi connectivity index (χ3v) is 3.36. The largest absolute Gasteiger partial charge is 0.550 e. The zero-order chi connectivity index (χ0) is 10.1. The van der Waals surface area contributed by atoms with Crippen LogP contribution in [-0.4, -0.2) is 9.04 Å². The van der Waals surface area contributed by atoms with Crippen LogP contribution in [0.25, 0.3) is 0 Å². The average Bonchev–Trinajstić information content (AvgIpc) is 2.32. The van der Waals surface area contributed by atoms with Crippen molar-refractivity contribution in [3.63, 3.8) is 0 Å². The van der Waals surface area contributed by atoms with Gasteiger partial charge >= 0.3 is 0 Å². The van der Waals surface area contributed by atoms with Gasteiger partial charge in [-0.15, -0.1) is 0 Å². The third-order valence-electron chi connectivity index (χ3n) is 2.59. The van der Waals surface area contributed by atoms with Gasteiger partial charge < -0.3 is 4.43 Å². The van der Waals surface area contributed by atoms with Crippen molar-refractivity contribution in [2.45, 2.75) is 46.7 Å². The second kappa shape index (κ2) is 3.87. The molecule has 1 rings (SSSR count). The van der Waals surface area contributed by atoms with Gasteiger partial charge in [-0.1, -0.05) is 20.8 Å². The molecule has 1 aliphatic rings. The van der Waals surface area contributed by atoms with E-state index in [0.29, 0.717) is 5.41 Å². The Morgan fingerprint density at radius 3 is 2.38 bits per heavy atom. The fourth-order valence-electron chi connectivity index (χ4n) is 1.77. The molecule has 0 aliphatic heterocycles. The summed E-state index contributed by atoms with van der Waals surface area (Å²) in [5.74, 6) is 1.98. The molecule has 0 saturated carbocycles. The van der Waals surface area contributed by atoms with E-state index in [-0.39, 0.29) is 0 Å². The minimum atomic E-state index is -0.873. The predicted octanol–water partition coefficient (Wildman–Crippen LogP) is 3.33. The summed E-state index contributed by atoms with van der Waals surface area (Å²) in [6.45, 7) is 11.4. The van der Waals surface area contributed by atoms with Crippen LogP contribution in [0.1, 0.15) is 33.6 Å². The lowest BCUT2D eigenvalue weighted by atomic mass is 9.81. The zero-order valence-electron chi connectivity index (χ0n) is 9.55. The summed E-state index contributed by atoms with van der Waals surface area (Å²) in [5, 5.41) is 0. The van der Waals surface area contributed by atoms with Crippen molar-refractivity contribution in [1.29, 1.82) is 0 Å². The molecule has 0 fully saturated rings. The summed E-state index contributed by atoms with van der Waals surface area (Å²) in [4.78, 5) is 0. The van der Waals surface area contributed by atoms with Crippen LogP contribution in [0.4, 0.5) is 0 Å². The van der Waals surface area contributed by atoms with E-state index >= 15 is 0 Å². The van der Waals surface area contributed by atoms with Crippen molar-refractivity contribution in [2.24, 2.45) is 11.3 Å². The number of hydrogen-bond acceptors (Lipinski definition) is 1. The van der Waals surface area contributed by atoms with Gasteiger partial charge in [0, 0.05) is 6.42 Å². The molecule has 0 heterocycles. The molecule has 2 heteroatoms. The van der Waals surface area contributed by atoms with Gasteiger partial charge in [0.15, 0.2) is 0 Å². The number of rotatable bonds is 2. The van der Waals surface area contributed by atoms with Gasteiger partial charge in [-0.3, -0.25) is 0 Å². The highest BCUT2D eigenvalue weighted by Crippen LogP contribution is 2.37. The van der Waals surface area contributed by atoms with E-state index in [2.05, 4.69) is 39.9 Å². The first-order chi connectivity index (χ1) is 5.89. The molecule has 0 radical (unpaired) electrons.